The van der Waals surface area contributed by atoms with Gasteiger partial charge in [0, 0.05) is 11.1 Å². The lowest BCUT2D eigenvalue weighted by Gasteiger charge is -2.25. The summed E-state index contributed by atoms with van der Waals surface area (Å²) in [7, 11) is 0. The second-order valence-electron chi connectivity index (χ2n) is 7.35. The lowest BCUT2D eigenvalue weighted by Crippen LogP contribution is -2.51. The highest BCUT2D eigenvalue weighted by Crippen LogP contribution is 1.99. The molecule has 0 radical (unpaired) electrons. The first kappa shape index (κ1) is 20.4. The third-order valence-electron chi connectivity index (χ3n) is 2.44. The van der Waals surface area contributed by atoms with Crippen LogP contribution in [-0.2, 0) is 9.59 Å². The highest BCUT2D eigenvalue weighted by Gasteiger charge is 2.20. The van der Waals surface area contributed by atoms with Crippen molar-refractivity contribution in [3.8, 4) is 0 Å². The quantitative estimate of drug-likeness (QED) is 0.701. The van der Waals surface area contributed by atoms with Crippen molar-refractivity contribution in [3.63, 3.8) is 0 Å². The van der Waals surface area contributed by atoms with E-state index in [1.54, 1.807) is 4.90 Å². The minimum Gasteiger partial charge on any atom is -0.350 e. The predicted molar refractivity (Wildman–Crippen MR) is 86.4 cm³/mol. The number of nitrogens with one attached hydrogen (secondary N) is 3. The Labute approximate surface area is 133 Å². The molecule has 0 atom stereocenters. The third-order valence-corrected chi connectivity index (χ3v) is 2.44. The van der Waals surface area contributed by atoms with Gasteiger partial charge in [-0.05, 0) is 48.1 Å². The summed E-state index contributed by atoms with van der Waals surface area (Å²) in [5, 5.41) is 7.74. The molecule has 4 amide bonds. The SMILES string of the molecule is CCN(CC(=O)NC(=O)NC(C)(C)C)CC(=O)NC(C)(C)C. The van der Waals surface area contributed by atoms with Gasteiger partial charge in [-0.1, -0.05) is 6.92 Å². The van der Waals surface area contributed by atoms with Gasteiger partial charge < -0.3 is 10.6 Å². The largest absolute Gasteiger partial charge is 0.350 e. The van der Waals surface area contributed by atoms with E-state index in [0.717, 1.165) is 0 Å². The average Bonchev–Trinajstić information content (AvgIpc) is 2.21. The van der Waals surface area contributed by atoms with Crippen molar-refractivity contribution < 1.29 is 14.4 Å². The fraction of sp³-hybridized carbons (Fsp3) is 0.800. The van der Waals surface area contributed by atoms with Gasteiger partial charge in [0.05, 0.1) is 13.1 Å². The molecule has 0 spiro atoms. The van der Waals surface area contributed by atoms with E-state index in [4.69, 9.17) is 0 Å². The Balaban J connectivity index is 4.35. The third kappa shape index (κ3) is 11.1. The zero-order valence-electron chi connectivity index (χ0n) is 14.8. The molecule has 7 nitrogen and oxygen atoms in total. The minimum atomic E-state index is -0.535. The number of hydrogen-bond donors (Lipinski definition) is 3. The predicted octanol–water partition coefficient (Wildman–Crippen LogP) is 0.847. The molecule has 0 aromatic rings. The van der Waals surface area contributed by atoms with Crippen molar-refractivity contribution in [1.29, 1.82) is 0 Å². The smallest absolute Gasteiger partial charge is 0.321 e. The number of urea groups is 1. The molecular formula is C15H30N4O3. The van der Waals surface area contributed by atoms with Crippen LogP contribution < -0.4 is 16.0 Å². The van der Waals surface area contributed by atoms with E-state index in [1.165, 1.54) is 0 Å². The molecule has 7 heteroatoms. The highest BCUT2D eigenvalue weighted by atomic mass is 16.2. The van der Waals surface area contributed by atoms with E-state index >= 15 is 0 Å². The Hall–Kier alpha value is -1.63. The van der Waals surface area contributed by atoms with Gasteiger partial charge in [-0.25, -0.2) is 4.79 Å². The molecular weight excluding hydrogens is 284 g/mol. The summed E-state index contributed by atoms with van der Waals surface area (Å²) < 4.78 is 0. The van der Waals surface area contributed by atoms with Crippen LogP contribution in [0.2, 0.25) is 0 Å². The van der Waals surface area contributed by atoms with Gasteiger partial charge in [-0.3, -0.25) is 19.8 Å². The zero-order chi connectivity index (χ0) is 17.6. The van der Waals surface area contributed by atoms with Crippen LogP contribution in [0.1, 0.15) is 48.5 Å². The molecule has 128 valence electrons. The topological polar surface area (TPSA) is 90.5 Å². The van der Waals surface area contributed by atoms with Crippen LogP contribution in [0.3, 0.4) is 0 Å². The van der Waals surface area contributed by atoms with E-state index in [2.05, 4.69) is 16.0 Å². The van der Waals surface area contributed by atoms with E-state index in [9.17, 15) is 14.4 Å². The lowest BCUT2D eigenvalue weighted by molar-refractivity contribution is -0.125. The zero-order valence-corrected chi connectivity index (χ0v) is 14.8. The van der Waals surface area contributed by atoms with Crippen LogP contribution in [-0.4, -0.2) is 53.5 Å². The Morgan fingerprint density at radius 3 is 1.68 bits per heavy atom. The second kappa shape index (κ2) is 8.12. The number of nitrogens with zero attached hydrogens (tertiary/aromatic N) is 1. The number of rotatable bonds is 5. The van der Waals surface area contributed by atoms with Gasteiger partial charge in [0.1, 0.15) is 0 Å². The van der Waals surface area contributed by atoms with Gasteiger partial charge in [0.25, 0.3) is 0 Å². The second-order valence-corrected chi connectivity index (χ2v) is 7.35. The fourth-order valence-electron chi connectivity index (χ4n) is 1.68. The Morgan fingerprint density at radius 2 is 1.27 bits per heavy atom. The number of likely N-dealkylation sites (N-methyl/N-ethyl adjacent to an activating group) is 1. The Kier molecular flexibility index (Phi) is 7.52. The van der Waals surface area contributed by atoms with Crippen LogP contribution in [0.5, 0.6) is 0 Å². The molecule has 0 fully saturated rings. The first-order valence-corrected chi connectivity index (χ1v) is 7.48. The summed E-state index contributed by atoms with van der Waals surface area (Å²) in [5.74, 6) is -0.589. The van der Waals surface area contributed by atoms with Crippen molar-refractivity contribution in [2.24, 2.45) is 0 Å². The lowest BCUT2D eigenvalue weighted by atomic mass is 10.1. The normalized spacial score (nSPS) is 12.0. The maximum atomic E-state index is 11.9. The van der Waals surface area contributed by atoms with E-state index < -0.39 is 17.5 Å². The van der Waals surface area contributed by atoms with Gasteiger partial charge in [-0.15, -0.1) is 0 Å². The van der Waals surface area contributed by atoms with Crippen LogP contribution >= 0.6 is 0 Å². The number of amides is 4. The van der Waals surface area contributed by atoms with Crippen molar-refractivity contribution in [1.82, 2.24) is 20.9 Å². The van der Waals surface area contributed by atoms with Crippen molar-refractivity contribution in [3.05, 3.63) is 0 Å². The molecule has 0 bridgehead atoms. The maximum absolute atomic E-state index is 11.9. The molecule has 0 saturated carbocycles. The molecule has 0 aromatic carbocycles. The molecule has 3 N–H and O–H groups in total. The van der Waals surface area contributed by atoms with E-state index in [1.807, 2.05) is 48.5 Å². The number of carbonyl (C=O) groups excluding carboxylic acids is 3. The fourth-order valence-corrected chi connectivity index (χ4v) is 1.68. The van der Waals surface area contributed by atoms with E-state index in [0.29, 0.717) is 6.54 Å². The molecule has 0 aromatic heterocycles. The standard InChI is InChI=1S/C15H30N4O3/c1-8-19(10-12(21)17-14(2,3)4)9-11(20)16-13(22)18-15(5,6)7/h8-10H2,1-7H3,(H,17,21)(H2,16,18,20,22). The van der Waals surface area contributed by atoms with Crippen molar-refractivity contribution >= 4 is 17.8 Å². The summed E-state index contributed by atoms with van der Waals surface area (Å²) in [4.78, 5) is 37.0. The van der Waals surface area contributed by atoms with Crippen molar-refractivity contribution in [2.45, 2.75) is 59.5 Å². The van der Waals surface area contributed by atoms with Gasteiger partial charge in [0.2, 0.25) is 11.8 Å². The maximum Gasteiger partial charge on any atom is 0.321 e. The first-order valence-electron chi connectivity index (χ1n) is 7.48. The van der Waals surface area contributed by atoms with Crippen LogP contribution in [0, 0.1) is 0 Å². The molecule has 0 aliphatic rings. The summed E-state index contributed by atoms with van der Waals surface area (Å²) in [6.45, 7) is 13.7. The van der Waals surface area contributed by atoms with Crippen LogP contribution in [0.4, 0.5) is 4.79 Å². The van der Waals surface area contributed by atoms with Crippen LogP contribution in [0.25, 0.3) is 0 Å². The molecule has 22 heavy (non-hydrogen) atoms. The Bertz CT molecular complexity index is 408. The van der Waals surface area contributed by atoms with Gasteiger partial charge in [0.15, 0.2) is 0 Å². The summed E-state index contributed by atoms with van der Waals surface area (Å²) in [6, 6.07) is -0.535. The minimum absolute atomic E-state index is 0.00831. The van der Waals surface area contributed by atoms with E-state index in [-0.39, 0.29) is 24.5 Å². The molecule has 0 unspecified atom stereocenters. The molecule has 0 aliphatic heterocycles. The first-order chi connectivity index (χ1) is 9.82. The summed E-state index contributed by atoms with van der Waals surface area (Å²) in [5.41, 5.74) is -0.729. The average molecular weight is 314 g/mol. The summed E-state index contributed by atoms with van der Waals surface area (Å²) in [6.07, 6.45) is 0. The monoisotopic (exact) mass is 314 g/mol. The van der Waals surface area contributed by atoms with Gasteiger partial charge >= 0.3 is 6.03 Å². The molecule has 0 heterocycles. The van der Waals surface area contributed by atoms with Crippen molar-refractivity contribution in [2.75, 3.05) is 19.6 Å². The number of hydrogen-bond acceptors (Lipinski definition) is 4. The molecule has 0 aliphatic carbocycles. The number of imide groups is 1. The number of carbonyl (C=O) groups is 3. The molecule has 0 rings (SSSR count). The summed E-state index contributed by atoms with van der Waals surface area (Å²) >= 11 is 0. The van der Waals surface area contributed by atoms with Crippen LogP contribution in [0.15, 0.2) is 0 Å². The highest BCUT2D eigenvalue weighted by molar-refractivity contribution is 5.95. The Morgan fingerprint density at radius 1 is 0.818 bits per heavy atom. The van der Waals surface area contributed by atoms with Gasteiger partial charge in [-0.2, -0.15) is 0 Å². The molecule has 0 saturated heterocycles.